The maximum absolute atomic E-state index is 13.1. The predicted octanol–water partition coefficient (Wildman–Crippen LogP) is 4.51. The fourth-order valence-electron chi connectivity index (χ4n) is 10.2. The third kappa shape index (κ3) is 3.30. The quantitative estimate of drug-likeness (QED) is 0.640. The number of hydrogen-bond donors (Lipinski definition) is 2. The average Bonchev–Trinajstić information content (AvgIpc) is 2.71. The molecule has 8 bridgehead atoms. The van der Waals surface area contributed by atoms with Gasteiger partial charge < -0.3 is 10.6 Å². The minimum absolute atomic E-state index is 0.0558. The van der Waals surface area contributed by atoms with Gasteiger partial charge >= 0.3 is 0 Å². The Hall–Kier alpha value is -1.58. The van der Waals surface area contributed by atoms with Gasteiger partial charge in [0.2, 0.25) is 11.8 Å². The Morgan fingerprint density at radius 2 is 0.750 bits per heavy atom. The highest BCUT2D eigenvalue weighted by Gasteiger charge is 2.53. The molecule has 9 aliphatic rings. The fourth-order valence-corrected chi connectivity index (χ4v) is 10.2. The minimum atomic E-state index is -0.230. The molecule has 0 heterocycles. The van der Waals surface area contributed by atoms with Crippen LogP contribution in [0.25, 0.3) is 0 Å². The number of amides is 2. The van der Waals surface area contributed by atoms with Gasteiger partial charge in [0.15, 0.2) is 0 Å². The lowest BCUT2D eigenvalue weighted by Gasteiger charge is -2.57. The lowest BCUT2D eigenvalue weighted by molar-refractivity contribution is -0.130. The molecule has 0 atom stereocenters. The zero-order valence-electron chi connectivity index (χ0n) is 19.2. The van der Waals surface area contributed by atoms with E-state index in [-0.39, 0.29) is 34.7 Å². The molecule has 0 saturated heterocycles. The van der Waals surface area contributed by atoms with Gasteiger partial charge in [0, 0.05) is 11.1 Å². The first-order chi connectivity index (χ1) is 15.4. The first-order valence-electron chi connectivity index (χ1n) is 13.5. The molecular formula is C28H38N2O2. The van der Waals surface area contributed by atoms with Crippen LogP contribution in [0.15, 0.2) is 24.3 Å². The minimum Gasteiger partial charge on any atom is -0.350 e. The smallest absolute Gasteiger partial charge is 0.231 e. The van der Waals surface area contributed by atoms with E-state index in [0.717, 1.165) is 35.5 Å². The molecule has 2 N–H and O–H groups in total. The van der Waals surface area contributed by atoms with Crippen molar-refractivity contribution in [1.82, 2.24) is 10.6 Å². The summed E-state index contributed by atoms with van der Waals surface area (Å²) < 4.78 is 0. The van der Waals surface area contributed by atoms with Crippen LogP contribution in [0.2, 0.25) is 0 Å². The Morgan fingerprint density at radius 1 is 0.500 bits per heavy atom. The van der Waals surface area contributed by atoms with E-state index in [4.69, 9.17) is 0 Å². The van der Waals surface area contributed by atoms with Crippen LogP contribution >= 0.6 is 0 Å². The van der Waals surface area contributed by atoms with E-state index in [2.05, 4.69) is 10.6 Å². The van der Waals surface area contributed by atoms with E-state index >= 15 is 0 Å². The van der Waals surface area contributed by atoms with Gasteiger partial charge in [0.05, 0.1) is 11.8 Å². The second-order valence-corrected chi connectivity index (χ2v) is 13.2. The maximum Gasteiger partial charge on any atom is 0.231 e. The van der Waals surface area contributed by atoms with Gasteiger partial charge in [-0.3, -0.25) is 9.59 Å². The van der Waals surface area contributed by atoms with E-state index in [9.17, 15) is 9.59 Å². The van der Waals surface area contributed by atoms with Gasteiger partial charge in [0.1, 0.15) is 0 Å². The Labute approximate surface area is 192 Å². The average molecular weight is 435 g/mol. The highest BCUT2D eigenvalue weighted by Crippen LogP contribution is 2.56. The molecule has 8 fully saturated rings. The number of carbonyl (C=O) groups is 2. The molecule has 32 heavy (non-hydrogen) atoms. The second kappa shape index (κ2) is 6.96. The first kappa shape index (κ1) is 19.9. The molecule has 172 valence electrons. The van der Waals surface area contributed by atoms with Crippen LogP contribution < -0.4 is 10.6 Å². The van der Waals surface area contributed by atoms with E-state index in [1.54, 1.807) is 0 Å². The lowest BCUT2D eigenvalue weighted by atomic mass is 9.53. The number of carbonyl (C=O) groups excluding carboxylic acids is 2. The zero-order valence-corrected chi connectivity index (χ0v) is 19.2. The third-order valence-electron chi connectivity index (χ3n) is 10.5. The van der Waals surface area contributed by atoms with Crippen LogP contribution in [0.1, 0.15) is 77.0 Å². The molecule has 2 amide bonds. The summed E-state index contributed by atoms with van der Waals surface area (Å²) in [6.07, 6.45) is 23.3. The van der Waals surface area contributed by atoms with Crippen molar-refractivity contribution < 1.29 is 9.59 Å². The Kier molecular flexibility index (Phi) is 4.32. The SMILES string of the molecule is O=C(NC12CC3CC(CC(C3)C1)C2)C1C=CC(C(=O)NC23CC4CC(CC(C4)C2)C3)C=C1. The molecule has 0 aromatic heterocycles. The van der Waals surface area contributed by atoms with Crippen LogP contribution in [0, 0.1) is 47.3 Å². The van der Waals surface area contributed by atoms with Gasteiger partial charge in [-0.25, -0.2) is 0 Å². The zero-order chi connectivity index (χ0) is 21.5. The van der Waals surface area contributed by atoms with Crippen molar-refractivity contribution in [1.29, 1.82) is 0 Å². The topological polar surface area (TPSA) is 58.2 Å². The van der Waals surface area contributed by atoms with Crippen LogP contribution in [0.3, 0.4) is 0 Å². The molecule has 0 radical (unpaired) electrons. The van der Waals surface area contributed by atoms with Crippen molar-refractivity contribution in [3.8, 4) is 0 Å². The summed E-state index contributed by atoms with van der Waals surface area (Å²) in [6.45, 7) is 0. The highest BCUT2D eigenvalue weighted by molar-refractivity contribution is 5.87. The summed E-state index contributed by atoms with van der Waals surface area (Å²) in [7, 11) is 0. The number of rotatable bonds is 4. The molecule has 4 nitrogen and oxygen atoms in total. The fraction of sp³-hybridized carbons (Fsp3) is 0.786. The van der Waals surface area contributed by atoms with Crippen LogP contribution in [-0.4, -0.2) is 22.9 Å². The summed E-state index contributed by atoms with van der Waals surface area (Å²) in [5, 5.41) is 7.00. The van der Waals surface area contributed by atoms with E-state index in [1.165, 1.54) is 77.0 Å². The monoisotopic (exact) mass is 434 g/mol. The van der Waals surface area contributed by atoms with Crippen molar-refractivity contribution in [2.45, 2.75) is 88.1 Å². The predicted molar refractivity (Wildman–Crippen MR) is 123 cm³/mol. The summed E-state index contributed by atoms with van der Waals surface area (Å²) in [6, 6.07) is 0. The number of hydrogen-bond acceptors (Lipinski definition) is 2. The van der Waals surface area contributed by atoms with Crippen LogP contribution in [0.4, 0.5) is 0 Å². The van der Waals surface area contributed by atoms with Gasteiger partial charge in [-0.15, -0.1) is 0 Å². The van der Waals surface area contributed by atoms with Gasteiger partial charge in [-0.1, -0.05) is 24.3 Å². The Balaban J connectivity index is 0.980. The highest BCUT2D eigenvalue weighted by atomic mass is 16.2. The third-order valence-corrected chi connectivity index (χ3v) is 10.5. The molecule has 9 aliphatic carbocycles. The van der Waals surface area contributed by atoms with Crippen molar-refractivity contribution in [3.63, 3.8) is 0 Å². The number of nitrogens with one attached hydrogen (secondary N) is 2. The maximum atomic E-state index is 13.1. The van der Waals surface area contributed by atoms with Crippen LogP contribution in [0.5, 0.6) is 0 Å². The Bertz CT molecular complexity index is 731. The van der Waals surface area contributed by atoms with Crippen molar-refractivity contribution in [2.75, 3.05) is 0 Å². The summed E-state index contributed by atoms with van der Waals surface area (Å²) >= 11 is 0. The summed E-state index contributed by atoms with van der Waals surface area (Å²) in [5.74, 6) is 4.80. The van der Waals surface area contributed by atoms with Gasteiger partial charge in [0.25, 0.3) is 0 Å². The standard InChI is InChI=1S/C28H38N2O2/c31-25(29-27-11-17-5-18(12-27)7-19(6-17)13-27)23-1-2-24(4-3-23)26(32)30-28-14-20-8-21(15-28)10-22(9-20)16-28/h1-4,17-24H,5-16H2,(H,29,31)(H,30,32). The second-order valence-electron chi connectivity index (χ2n) is 13.2. The normalized spacial score (nSPS) is 51.8. The lowest BCUT2D eigenvalue weighted by Crippen LogP contribution is -2.61. The molecule has 0 unspecified atom stereocenters. The largest absolute Gasteiger partial charge is 0.350 e. The molecule has 0 aromatic rings. The summed E-state index contributed by atoms with van der Waals surface area (Å²) in [5.41, 5.74) is 0.112. The molecular weight excluding hydrogens is 396 g/mol. The van der Waals surface area contributed by atoms with Crippen LogP contribution in [-0.2, 0) is 9.59 Å². The molecule has 9 rings (SSSR count). The van der Waals surface area contributed by atoms with E-state index in [1.807, 2.05) is 24.3 Å². The summed E-state index contributed by atoms with van der Waals surface area (Å²) in [4.78, 5) is 26.3. The van der Waals surface area contributed by atoms with Crippen molar-refractivity contribution in [3.05, 3.63) is 24.3 Å². The van der Waals surface area contributed by atoms with Gasteiger partial charge in [-0.05, 0) is 113 Å². The first-order valence-corrected chi connectivity index (χ1v) is 13.5. The molecule has 0 aliphatic heterocycles. The molecule has 8 saturated carbocycles. The molecule has 4 heteroatoms. The van der Waals surface area contributed by atoms with E-state index < -0.39 is 0 Å². The molecule has 0 spiro atoms. The van der Waals surface area contributed by atoms with E-state index in [0.29, 0.717) is 0 Å². The van der Waals surface area contributed by atoms with Crippen molar-refractivity contribution in [2.24, 2.45) is 47.3 Å². The van der Waals surface area contributed by atoms with Gasteiger partial charge in [-0.2, -0.15) is 0 Å². The van der Waals surface area contributed by atoms with Crippen molar-refractivity contribution >= 4 is 11.8 Å². The molecule has 0 aromatic carbocycles. The Morgan fingerprint density at radius 3 is 1.00 bits per heavy atom.